The van der Waals surface area contributed by atoms with Crippen LogP contribution in [-0.2, 0) is 0 Å². The van der Waals surface area contributed by atoms with Gasteiger partial charge in [0.1, 0.15) is 0 Å². The maximum Gasteiger partial charge on any atom is 0.259 e. The summed E-state index contributed by atoms with van der Waals surface area (Å²) in [6, 6.07) is 20.3. The van der Waals surface area contributed by atoms with Crippen molar-refractivity contribution in [2.45, 2.75) is 31.6 Å². The summed E-state index contributed by atoms with van der Waals surface area (Å²) >= 11 is 0. The van der Waals surface area contributed by atoms with E-state index < -0.39 is 0 Å². The van der Waals surface area contributed by atoms with Crippen LogP contribution in [0.3, 0.4) is 0 Å². The number of fused-ring (bicyclic) bond motifs is 2. The Hall–Kier alpha value is -2.94. The molecule has 5 rings (SSSR count). The number of pyridine rings is 2. The monoisotopic (exact) mass is 340 g/mol. The molecule has 4 aromatic rings. The molecule has 1 fully saturated rings. The van der Waals surface area contributed by atoms with Gasteiger partial charge in [0.2, 0.25) is 0 Å². The van der Waals surface area contributed by atoms with E-state index in [1.807, 2.05) is 53.1 Å². The molecule has 0 atom stereocenters. The summed E-state index contributed by atoms with van der Waals surface area (Å²) in [6.45, 7) is 0. The van der Waals surface area contributed by atoms with Gasteiger partial charge in [-0.3, -0.25) is 14.3 Å². The van der Waals surface area contributed by atoms with Crippen LogP contribution >= 0.6 is 0 Å². The molecule has 26 heavy (non-hydrogen) atoms. The molecule has 2 aromatic heterocycles. The Morgan fingerprint density at radius 3 is 2.54 bits per heavy atom. The first kappa shape index (κ1) is 15.3. The van der Waals surface area contributed by atoms with Crippen molar-refractivity contribution in [1.29, 1.82) is 0 Å². The van der Waals surface area contributed by atoms with E-state index >= 15 is 0 Å². The Labute approximate surface area is 151 Å². The van der Waals surface area contributed by atoms with Crippen molar-refractivity contribution in [1.82, 2.24) is 9.55 Å². The van der Waals surface area contributed by atoms with E-state index in [0.717, 1.165) is 45.9 Å². The highest BCUT2D eigenvalue weighted by Gasteiger charge is 2.23. The van der Waals surface area contributed by atoms with Crippen LogP contribution in [0.1, 0.15) is 37.2 Å². The fourth-order valence-electron chi connectivity index (χ4n) is 4.32. The number of hydrogen-bond acceptors (Lipinski definition) is 2. The van der Waals surface area contributed by atoms with Gasteiger partial charge >= 0.3 is 0 Å². The van der Waals surface area contributed by atoms with Gasteiger partial charge in [-0.25, -0.2) is 0 Å². The Morgan fingerprint density at radius 2 is 1.65 bits per heavy atom. The Bertz CT molecular complexity index is 1160. The van der Waals surface area contributed by atoms with E-state index in [4.69, 9.17) is 0 Å². The summed E-state index contributed by atoms with van der Waals surface area (Å²) in [4.78, 5) is 18.1. The largest absolute Gasteiger partial charge is 0.274 e. The second-order valence-corrected chi connectivity index (χ2v) is 7.13. The lowest BCUT2D eigenvalue weighted by atomic mass is 9.97. The molecule has 3 nitrogen and oxygen atoms in total. The van der Waals surface area contributed by atoms with Gasteiger partial charge in [0.25, 0.3) is 5.56 Å². The van der Waals surface area contributed by atoms with Crippen LogP contribution in [0.5, 0.6) is 0 Å². The maximum atomic E-state index is 13.5. The lowest BCUT2D eigenvalue weighted by molar-refractivity contribution is 0.708. The van der Waals surface area contributed by atoms with Crippen molar-refractivity contribution in [2.24, 2.45) is 0 Å². The summed E-state index contributed by atoms with van der Waals surface area (Å²) in [7, 11) is 0. The van der Waals surface area contributed by atoms with E-state index in [2.05, 4.69) is 17.1 Å². The molecule has 128 valence electrons. The summed E-state index contributed by atoms with van der Waals surface area (Å²) < 4.78 is 1.87. The smallest absolute Gasteiger partial charge is 0.259 e. The normalized spacial score (nSPS) is 15.1. The molecule has 0 bridgehead atoms. The lowest BCUT2D eigenvalue weighted by Crippen LogP contribution is -2.24. The number of para-hydroxylation sites is 2. The number of rotatable bonds is 2. The molecule has 2 aromatic carbocycles. The second-order valence-electron chi connectivity index (χ2n) is 7.13. The van der Waals surface area contributed by atoms with Crippen molar-refractivity contribution in [3.63, 3.8) is 0 Å². The molecule has 1 aliphatic rings. The highest BCUT2D eigenvalue weighted by molar-refractivity contribution is 5.90. The number of nitrogens with zero attached hydrogens (tertiary/aromatic N) is 2. The van der Waals surface area contributed by atoms with Gasteiger partial charge in [0.15, 0.2) is 0 Å². The maximum absolute atomic E-state index is 13.5. The third kappa shape index (κ3) is 2.35. The van der Waals surface area contributed by atoms with E-state index in [1.165, 1.54) is 12.8 Å². The number of hydrogen-bond donors (Lipinski definition) is 0. The molecule has 2 heterocycles. The van der Waals surface area contributed by atoms with Crippen molar-refractivity contribution in [3.05, 3.63) is 82.8 Å². The topological polar surface area (TPSA) is 34.9 Å². The van der Waals surface area contributed by atoms with E-state index in [1.54, 1.807) is 6.20 Å². The molecule has 0 unspecified atom stereocenters. The SMILES string of the molecule is O=c1c(C2CCCC2)cc2ccccc2n1-c1cccc2cccnc12. The highest BCUT2D eigenvalue weighted by atomic mass is 16.1. The predicted molar refractivity (Wildman–Crippen MR) is 106 cm³/mol. The van der Waals surface area contributed by atoms with Crippen LogP contribution < -0.4 is 5.56 Å². The second kappa shape index (κ2) is 6.10. The van der Waals surface area contributed by atoms with Gasteiger partial charge in [-0.05, 0) is 48.4 Å². The molecule has 0 aliphatic heterocycles. The van der Waals surface area contributed by atoms with Crippen molar-refractivity contribution < 1.29 is 0 Å². The molecule has 0 spiro atoms. The molecule has 1 aliphatic carbocycles. The Kier molecular flexibility index (Phi) is 3.59. The van der Waals surface area contributed by atoms with Gasteiger partial charge in [-0.15, -0.1) is 0 Å². The first-order valence-electron chi connectivity index (χ1n) is 9.32. The van der Waals surface area contributed by atoms with Crippen molar-refractivity contribution >= 4 is 21.8 Å². The Morgan fingerprint density at radius 1 is 0.885 bits per heavy atom. The van der Waals surface area contributed by atoms with Gasteiger partial charge in [-0.1, -0.05) is 49.2 Å². The minimum atomic E-state index is 0.105. The van der Waals surface area contributed by atoms with E-state index in [0.29, 0.717) is 5.92 Å². The van der Waals surface area contributed by atoms with Crippen LogP contribution in [0.25, 0.3) is 27.5 Å². The first-order chi connectivity index (χ1) is 12.8. The van der Waals surface area contributed by atoms with Crippen LogP contribution in [0.4, 0.5) is 0 Å². The van der Waals surface area contributed by atoms with Gasteiger partial charge < -0.3 is 0 Å². The fraction of sp³-hybridized carbons (Fsp3) is 0.217. The molecule has 3 heteroatoms. The third-order valence-electron chi connectivity index (χ3n) is 5.59. The van der Waals surface area contributed by atoms with Crippen LogP contribution in [0, 0.1) is 0 Å². The first-order valence-corrected chi connectivity index (χ1v) is 9.32. The molecule has 0 saturated heterocycles. The number of aromatic nitrogens is 2. The van der Waals surface area contributed by atoms with Crippen LogP contribution in [0.2, 0.25) is 0 Å². The third-order valence-corrected chi connectivity index (χ3v) is 5.59. The minimum Gasteiger partial charge on any atom is -0.274 e. The molecular weight excluding hydrogens is 320 g/mol. The average molecular weight is 340 g/mol. The van der Waals surface area contributed by atoms with Crippen LogP contribution in [-0.4, -0.2) is 9.55 Å². The predicted octanol–water partition coefficient (Wildman–Crippen LogP) is 5.20. The standard InChI is InChI=1S/C23H20N2O/c26-23-19(16-7-1-2-8-16)15-18-9-3-4-12-20(18)25(23)21-13-5-10-17-11-6-14-24-22(17)21/h3-6,9-16H,1-2,7-8H2. The zero-order valence-electron chi connectivity index (χ0n) is 14.6. The Balaban J connectivity index is 1.89. The van der Waals surface area contributed by atoms with Crippen LogP contribution in [0.15, 0.2) is 71.7 Å². The summed E-state index contributed by atoms with van der Waals surface area (Å²) in [5, 5.41) is 2.16. The summed E-state index contributed by atoms with van der Waals surface area (Å²) in [5.74, 6) is 0.376. The molecular formula is C23H20N2O. The van der Waals surface area contributed by atoms with Gasteiger partial charge in [-0.2, -0.15) is 0 Å². The average Bonchev–Trinajstić information content (AvgIpc) is 3.22. The zero-order valence-corrected chi connectivity index (χ0v) is 14.6. The minimum absolute atomic E-state index is 0.105. The molecule has 1 saturated carbocycles. The highest BCUT2D eigenvalue weighted by Crippen LogP contribution is 2.34. The van der Waals surface area contributed by atoms with Gasteiger partial charge in [0.05, 0.1) is 16.7 Å². The lowest BCUT2D eigenvalue weighted by Gasteiger charge is -2.17. The summed E-state index contributed by atoms with van der Waals surface area (Å²) in [5.41, 5.74) is 3.73. The fourth-order valence-corrected chi connectivity index (χ4v) is 4.32. The molecule has 0 radical (unpaired) electrons. The van der Waals surface area contributed by atoms with Crippen molar-refractivity contribution in [3.8, 4) is 5.69 Å². The molecule has 0 amide bonds. The van der Waals surface area contributed by atoms with E-state index in [-0.39, 0.29) is 5.56 Å². The zero-order chi connectivity index (χ0) is 17.5. The summed E-state index contributed by atoms with van der Waals surface area (Å²) in [6.07, 6.45) is 6.45. The van der Waals surface area contributed by atoms with E-state index in [9.17, 15) is 4.79 Å². The number of benzene rings is 2. The molecule has 0 N–H and O–H groups in total. The van der Waals surface area contributed by atoms with Gasteiger partial charge in [0, 0.05) is 17.1 Å². The van der Waals surface area contributed by atoms with Crippen molar-refractivity contribution in [2.75, 3.05) is 0 Å². The quantitative estimate of drug-likeness (QED) is 0.503.